The maximum absolute atomic E-state index is 12.8. The van der Waals surface area contributed by atoms with Gasteiger partial charge in [0.2, 0.25) is 5.91 Å². The zero-order valence-corrected chi connectivity index (χ0v) is 16.5. The van der Waals surface area contributed by atoms with E-state index < -0.39 is 12.1 Å². The monoisotopic (exact) mass is 373 g/mol. The van der Waals surface area contributed by atoms with Crippen LogP contribution in [0.15, 0.2) is 30.3 Å². The molecule has 1 saturated carbocycles. The number of hydrogen-bond acceptors (Lipinski definition) is 3. The lowest BCUT2D eigenvalue weighted by Crippen LogP contribution is -2.53. The molecule has 3 rings (SSSR count). The van der Waals surface area contributed by atoms with E-state index in [1.54, 1.807) is 0 Å². The first-order valence-electron chi connectivity index (χ1n) is 9.89. The minimum absolute atomic E-state index is 0.0681. The Labute approximate surface area is 161 Å². The lowest BCUT2D eigenvalue weighted by molar-refractivity contribution is -0.127. The molecule has 1 aliphatic carbocycles. The van der Waals surface area contributed by atoms with Gasteiger partial charge in [-0.3, -0.25) is 14.6 Å². The molecule has 27 heavy (non-hydrogen) atoms. The molecule has 6 heteroatoms. The van der Waals surface area contributed by atoms with Crippen molar-refractivity contribution < 1.29 is 14.7 Å². The first kappa shape index (κ1) is 19.7. The van der Waals surface area contributed by atoms with Gasteiger partial charge in [0, 0.05) is 32.7 Å². The van der Waals surface area contributed by atoms with E-state index in [9.17, 15) is 14.7 Å². The second kappa shape index (κ2) is 8.30. The van der Waals surface area contributed by atoms with Crippen molar-refractivity contribution in [3.63, 3.8) is 0 Å². The van der Waals surface area contributed by atoms with Crippen LogP contribution in [0.2, 0.25) is 0 Å². The van der Waals surface area contributed by atoms with Crippen LogP contribution >= 0.6 is 0 Å². The average Bonchev–Trinajstić information content (AvgIpc) is 3.17. The van der Waals surface area contributed by atoms with Crippen LogP contribution in [0.4, 0.5) is 4.79 Å². The standard InChI is InChI=1S/C21H31N3O3/c1-14(2)19(23(3)21(26)27)20(25)22-18-10-9-16-12-24(13-17(16)18)11-15-7-5-4-6-8-15/h4-8,14,16-19H,9-13H2,1-3H3,(H,22,25)(H,26,27)/t16-,17+,18+,19-/m0/s1. The minimum atomic E-state index is -1.07. The van der Waals surface area contributed by atoms with Crippen LogP contribution in [0, 0.1) is 17.8 Å². The van der Waals surface area contributed by atoms with Gasteiger partial charge in [0.05, 0.1) is 0 Å². The molecule has 1 heterocycles. The van der Waals surface area contributed by atoms with Crippen molar-refractivity contribution in [1.29, 1.82) is 0 Å². The molecule has 1 aromatic carbocycles. The van der Waals surface area contributed by atoms with E-state index in [-0.39, 0.29) is 17.9 Å². The van der Waals surface area contributed by atoms with E-state index in [0.717, 1.165) is 37.4 Å². The number of rotatable bonds is 6. The number of likely N-dealkylation sites (N-methyl/N-ethyl adjacent to an activating group) is 1. The summed E-state index contributed by atoms with van der Waals surface area (Å²) in [5.41, 5.74) is 1.32. The normalized spacial score (nSPS) is 26.0. The van der Waals surface area contributed by atoms with Crippen molar-refractivity contribution in [2.24, 2.45) is 17.8 Å². The summed E-state index contributed by atoms with van der Waals surface area (Å²) in [5, 5.41) is 12.5. The Morgan fingerprint density at radius 3 is 2.56 bits per heavy atom. The summed E-state index contributed by atoms with van der Waals surface area (Å²) in [7, 11) is 1.47. The number of carbonyl (C=O) groups excluding carboxylic acids is 1. The molecule has 0 aromatic heterocycles. The van der Waals surface area contributed by atoms with Gasteiger partial charge in [-0.15, -0.1) is 0 Å². The van der Waals surface area contributed by atoms with Gasteiger partial charge in [0.25, 0.3) is 0 Å². The van der Waals surface area contributed by atoms with Crippen LogP contribution in [0.25, 0.3) is 0 Å². The third-order valence-corrected chi connectivity index (χ3v) is 6.13. The van der Waals surface area contributed by atoms with Gasteiger partial charge in [-0.1, -0.05) is 44.2 Å². The van der Waals surface area contributed by atoms with E-state index in [1.165, 1.54) is 12.6 Å². The molecule has 6 nitrogen and oxygen atoms in total. The first-order chi connectivity index (χ1) is 12.9. The number of likely N-dealkylation sites (tertiary alicyclic amines) is 1. The molecule has 2 fully saturated rings. The quantitative estimate of drug-likeness (QED) is 0.804. The Bertz CT molecular complexity index is 664. The predicted molar refractivity (Wildman–Crippen MR) is 104 cm³/mol. The lowest BCUT2D eigenvalue weighted by Gasteiger charge is -2.30. The first-order valence-corrected chi connectivity index (χ1v) is 9.89. The Morgan fingerprint density at radius 2 is 1.93 bits per heavy atom. The Balaban J connectivity index is 1.60. The largest absolute Gasteiger partial charge is 0.465 e. The molecule has 4 atom stereocenters. The molecule has 2 amide bonds. The van der Waals surface area contributed by atoms with Crippen molar-refractivity contribution in [3.8, 4) is 0 Å². The number of amides is 2. The zero-order valence-electron chi connectivity index (χ0n) is 16.5. The topological polar surface area (TPSA) is 72.9 Å². The maximum Gasteiger partial charge on any atom is 0.407 e. The molecular formula is C21H31N3O3. The van der Waals surface area contributed by atoms with Crippen molar-refractivity contribution in [1.82, 2.24) is 15.1 Å². The molecule has 0 unspecified atom stereocenters. The Hall–Kier alpha value is -2.08. The third kappa shape index (κ3) is 4.43. The van der Waals surface area contributed by atoms with Gasteiger partial charge >= 0.3 is 6.09 Å². The van der Waals surface area contributed by atoms with Crippen LogP contribution < -0.4 is 5.32 Å². The Morgan fingerprint density at radius 1 is 1.22 bits per heavy atom. The van der Waals surface area contributed by atoms with Gasteiger partial charge in [0.15, 0.2) is 0 Å². The van der Waals surface area contributed by atoms with E-state index >= 15 is 0 Å². The van der Waals surface area contributed by atoms with Crippen molar-refractivity contribution in [3.05, 3.63) is 35.9 Å². The fourth-order valence-electron chi connectivity index (χ4n) is 4.82. The zero-order chi connectivity index (χ0) is 19.6. The highest BCUT2D eigenvalue weighted by molar-refractivity contribution is 5.85. The van der Waals surface area contributed by atoms with Crippen molar-refractivity contribution in [2.75, 3.05) is 20.1 Å². The summed E-state index contributed by atoms with van der Waals surface area (Å²) in [6.07, 6.45) is 1.05. The fraction of sp³-hybridized carbons (Fsp3) is 0.619. The van der Waals surface area contributed by atoms with Crippen LogP contribution in [0.5, 0.6) is 0 Å². The second-order valence-corrected chi connectivity index (χ2v) is 8.38. The van der Waals surface area contributed by atoms with Gasteiger partial charge in [0.1, 0.15) is 6.04 Å². The summed E-state index contributed by atoms with van der Waals surface area (Å²) in [5.74, 6) is 0.845. The number of carbonyl (C=O) groups is 2. The minimum Gasteiger partial charge on any atom is -0.465 e. The van der Waals surface area contributed by atoms with Gasteiger partial charge in [-0.25, -0.2) is 4.79 Å². The number of fused-ring (bicyclic) bond motifs is 1. The number of hydrogen-bond donors (Lipinski definition) is 2. The highest BCUT2D eigenvalue weighted by atomic mass is 16.4. The maximum atomic E-state index is 12.8. The number of nitrogens with one attached hydrogen (secondary N) is 1. The van der Waals surface area contributed by atoms with Gasteiger partial charge < -0.3 is 10.4 Å². The van der Waals surface area contributed by atoms with Crippen LogP contribution in [0.1, 0.15) is 32.3 Å². The average molecular weight is 373 g/mol. The molecule has 148 valence electrons. The molecule has 1 aromatic rings. The highest BCUT2D eigenvalue weighted by Gasteiger charge is 2.44. The molecule has 0 spiro atoms. The predicted octanol–water partition coefficient (Wildman–Crippen LogP) is 2.65. The number of carboxylic acid groups (broad SMARTS) is 1. The molecule has 1 aliphatic heterocycles. The van der Waals surface area contributed by atoms with E-state index in [0.29, 0.717) is 11.8 Å². The number of benzene rings is 1. The molecular weight excluding hydrogens is 342 g/mol. The summed E-state index contributed by atoms with van der Waals surface area (Å²) < 4.78 is 0. The molecule has 1 saturated heterocycles. The lowest BCUT2D eigenvalue weighted by atomic mass is 9.96. The van der Waals surface area contributed by atoms with E-state index in [4.69, 9.17) is 0 Å². The molecule has 2 N–H and O–H groups in total. The highest BCUT2D eigenvalue weighted by Crippen LogP contribution is 2.38. The fourth-order valence-corrected chi connectivity index (χ4v) is 4.82. The summed E-state index contributed by atoms with van der Waals surface area (Å²) in [6.45, 7) is 6.79. The summed E-state index contributed by atoms with van der Waals surface area (Å²) in [6, 6.07) is 9.98. The third-order valence-electron chi connectivity index (χ3n) is 6.13. The van der Waals surface area contributed by atoms with Crippen LogP contribution in [0.3, 0.4) is 0 Å². The van der Waals surface area contributed by atoms with Crippen LogP contribution in [-0.4, -0.2) is 59.1 Å². The Kier molecular flexibility index (Phi) is 6.05. The summed E-state index contributed by atoms with van der Waals surface area (Å²) in [4.78, 5) is 27.7. The summed E-state index contributed by atoms with van der Waals surface area (Å²) >= 11 is 0. The van der Waals surface area contributed by atoms with Crippen molar-refractivity contribution >= 4 is 12.0 Å². The number of nitrogens with zero attached hydrogens (tertiary/aromatic N) is 2. The van der Waals surface area contributed by atoms with Crippen molar-refractivity contribution in [2.45, 2.75) is 45.3 Å². The smallest absolute Gasteiger partial charge is 0.407 e. The van der Waals surface area contributed by atoms with Gasteiger partial charge in [-0.05, 0) is 36.2 Å². The molecule has 2 aliphatic rings. The van der Waals surface area contributed by atoms with Gasteiger partial charge in [-0.2, -0.15) is 0 Å². The SMILES string of the molecule is CC(C)[C@@H](C(=O)N[C@@H]1CC[C@H]2CN(Cc3ccccc3)C[C@H]21)N(C)C(=O)O. The van der Waals surface area contributed by atoms with E-state index in [1.807, 2.05) is 19.9 Å². The van der Waals surface area contributed by atoms with Crippen LogP contribution in [-0.2, 0) is 11.3 Å². The molecule has 0 radical (unpaired) electrons. The second-order valence-electron chi connectivity index (χ2n) is 8.38. The van der Waals surface area contributed by atoms with E-state index in [2.05, 4.69) is 34.5 Å². The molecule has 0 bridgehead atoms.